The SMILES string of the molecule is COC(=O)c1ccc2c3ncccc3n(C3C=CCN(C(=O)OC(C)(C)C)C3)c2c1. The molecular weight excluding hydrogens is 382 g/mol. The van der Waals surface area contributed by atoms with Crippen molar-refractivity contribution in [3.05, 3.63) is 54.2 Å². The molecule has 0 saturated heterocycles. The third-order valence-corrected chi connectivity index (χ3v) is 5.05. The molecule has 1 atom stereocenters. The molecule has 30 heavy (non-hydrogen) atoms. The highest BCUT2D eigenvalue weighted by atomic mass is 16.6. The van der Waals surface area contributed by atoms with Crippen molar-refractivity contribution in [3.8, 4) is 0 Å². The molecule has 2 aromatic heterocycles. The second kappa shape index (κ2) is 7.48. The summed E-state index contributed by atoms with van der Waals surface area (Å²) in [4.78, 5) is 31.0. The maximum absolute atomic E-state index is 12.6. The fourth-order valence-electron chi connectivity index (χ4n) is 3.81. The van der Waals surface area contributed by atoms with Crippen molar-refractivity contribution < 1.29 is 19.1 Å². The van der Waals surface area contributed by atoms with Gasteiger partial charge in [-0.3, -0.25) is 4.98 Å². The molecule has 0 radical (unpaired) electrons. The van der Waals surface area contributed by atoms with E-state index in [4.69, 9.17) is 9.47 Å². The van der Waals surface area contributed by atoms with Crippen LogP contribution in [-0.4, -0.2) is 52.3 Å². The summed E-state index contributed by atoms with van der Waals surface area (Å²) >= 11 is 0. The van der Waals surface area contributed by atoms with E-state index in [-0.39, 0.29) is 12.1 Å². The number of amides is 1. The molecule has 0 aliphatic carbocycles. The second-order valence-electron chi connectivity index (χ2n) is 8.35. The number of benzene rings is 1. The van der Waals surface area contributed by atoms with Crippen LogP contribution in [0.3, 0.4) is 0 Å². The molecule has 0 fully saturated rings. The number of carbonyl (C=O) groups excluding carboxylic acids is 2. The number of hydrogen-bond acceptors (Lipinski definition) is 5. The van der Waals surface area contributed by atoms with Crippen molar-refractivity contribution in [3.63, 3.8) is 0 Å². The number of rotatable bonds is 2. The van der Waals surface area contributed by atoms with Crippen molar-refractivity contribution in [1.82, 2.24) is 14.5 Å². The normalized spacial score (nSPS) is 16.8. The van der Waals surface area contributed by atoms with Crippen molar-refractivity contribution in [2.24, 2.45) is 0 Å². The van der Waals surface area contributed by atoms with Crippen LogP contribution in [0.4, 0.5) is 4.79 Å². The van der Waals surface area contributed by atoms with Gasteiger partial charge in [-0.15, -0.1) is 0 Å². The zero-order valence-electron chi connectivity index (χ0n) is 17.6. The van der Waals surface area contributed by atoms with Crippen molar-refractivity contribution in [1.29, 1.82) is 0 Å². The van der Waals surface area contributed by atoms with Crippen LogP contribution >= 0.6 is 0 Å². The van der Waals surface area contributed by atoms with Crippen LogP contribution in [0.15, 0.2) is 48.7 Å². The first-order valence-corrected chi connectivity index (χ1v) is 9.90. The first-order chi connectivity index (χ1) is 14.3. The summed E-state index contributed by atoms with van der Waals surface area (Å²) in [6.45, 7) is 6.52. The zero-order valence-corrected chi connectivity index (χ0v) is 17.6. The number of esters is 1. The first kappa shape index (κ1) is 19.9. The average Bonchev–Trinajstić information content (AvgIpc) is 3.05. The average molecular weight is 407 g/mol. The smallest absolute Gasteiger partial charge is 0.410 e. The molecule has 0 N–H and O–H groups in total. The molecule has 1 aliphatic rings. The molecule has 1 unspecified atom stereocenters. The summed E-state index contributed by atoms with van der Waals surface area (Å²) in [6.07, 6.45) is 5.46. The zero-order chi connectivity index (χ0) is 21.5. The van der Waals surface area contributed by atoms with Crippen molar-refractivity contribution in [2.75, 3.05) is 20.2 Å². The van der Waals surface area contributed by atoms with Crippen molar-refractivity contribution in [2.45, 2.75) is 32.4 Å². The minimum Gasteiger partial charge on any atom is -0.465 e. The Bertz CT molecular complexity index is 1160. The number of fused-ring (bicyclic) bond motifs is 3. The highest BCUT2D eigenvalue weighted by molar-refractivity contribution is 6.08. The van der Waals surface area contributed by atoms with Crippen LogP contribution < -0.4 is 0 Å². The van der Waals surface area contributed by atoms with Gasteiger partial charge in [-0.1, -0.05) is 12.2 Å². The van der Waals surface area contributed by atoms with Gasteiger partial charge in [0.25, 0.3) is 0 Å². The standard InChI is InChI=1S/C23H25N3O4/c1-23(2,3)30-22(28)25-12-6-7-16(14-25)26-18-8-5-11-24-20(18)17-10-9-15(13-19(17)26)21(27)29-4/h5-11,13,16H,12,14H2,1-4H3. The Kier molecular flexibility index (Phi) is 4.97. The molecule has 1 aliphatic heterocycles. The Morgan fingerprint density at radius 3 is 2.70 bits per heavy atom. The minimum atomic E-state index is -0.556. The van der Waals surface area contributed by atoms with Gasteiger partial charge in [-0.25, -0.2) is 9.59 Å². The number of nitrogens with zero attached hydrogens (tertiary/aromatic N) is 3. The highest BCUT2D eigenvalue weighted by Crippen LogP contribution is 2.33. The molecule has 1 aromatic carbocycles. The topological polar surface area (TPSA) is 73.7 Å². The fourth-order valence-corrected chi connectivity index (χ4v) is 3.81. The summed E-state index contributed by atoms with van der Waals surface area (Å²) in [7, 11) is 1.37. The summed E-state index contributed by atoms with van der Waals surface area (Å²) < 4.78 is 12.6. The lowest BCUT2D eigenvalue weighted by molar-refractivity contribution is 0.0248. The van der Waals surface area contributed by atoms with Gasteiger partial charge in [0.15, 0.2) is 0 Å². The van der Waals surface area contributed by atoms with E-state index in [0.29, 0.717) is 18.7 Å². The van der Waals surface area contributed by atoms with Crippen molar-refractivity contribution >= 4 is 34.0 Å². The largest absolute Gasteiger partial charge is 0.465 e. The quantitative estimate of drug-likeness (QED) is 0.467. The van der Waals surface area contributed by atoms with Gasteiger partial charge in [-0.05, 0) is 51.1 Å². The van der Waals surface area contributed by atoms with Gasteiger partial charge >= 0.3 is 12.1 Å². The summed E-state index contributed by atoms with van der Waals surface area (Å²) in [6, 6.07) is 9.23. The number of hydrogen-bond donors (Lipinski definition) is 0. The number of carbonyl (C=O) groups is 2. The van der Waals surface area contributed by atoms with Crippen LogP contribution in [0, 0.1) is 0 Å². The summed E-state index contributed by atoms with van der Waals surface area (Å²) in [5.41, 5.74) is 2.58. The lowest BCUT2D eigenvalue weighted by Gasteiger charge is -2.32. The maximum Gasteiger partial charge on any atom is 0.410 e. The molecule has 0 spiro atoms. The molecule has 156 valence electrons. The Morgan fingerprint density at radius 1 is 1.17 bits per heavy atom. The van der Waals surface area contributed by atoms with E-state index in [2.05, 4.69) is 15.6 Å². The molecule has 7 heteroatoms. The first-order valence-electron chi connectivity index (χ1n) is 9.90. The monoisotopic (exact) mass is 407 g/mol. The second-order valence-corrected chi connectivity index (χ2v) is 8.35. The van der Waals surface area contributed by atoms with Crippen LogP contribution in [-0.2, 0) is 9.47 Å². The lowest BCUT2D eigenvalue weighted by Crippen LogP contribution is -2.41. The Balaban J connectivity index is 1.80. The summed E-state index contributed by atoms with van der Waals surface area (Å²) in [5, 5.41) is 0.945. The van der Waals surface area contributed by atoms with Crippen LogP contribution in [0.25, 0.3) is 21.9 Å². The molecular formula is C23H25N3O4. The molecule has 7 nitrogen and oxygen atoms in total. The fraction of sp³-hybridized carbons (Fsp3) is 0.348. The predicted octanol–water partition coefficient (Wildman–Crippen LogP) is 4.32. The van der Waals surface area contributed by atoms with Crippen LogP contribution in [0.2, 0.25) is 0 Å². The third kappa shape index (κ3) is 3.63. The van der Waals surface area contributed by atoms with Gasteiger partial charge in [-0.2, -0.15) is 0 Å². The van der Waals surface area contributed by atoms with Gasteiger partial charge < -0.3 is 18.9 Å². The predicted molar refractivity (Wildman–Crippen MR) is 115 cm³/mol. The van der Waals surface area contributed by atoms with Crippen LogP contribution in [0.5, 0.6) is 0 Å². The molecule has 0 bridgehead atoms. The molecule has 3 heterocycles. The van der Waals surface area contributed by atoms with Gasteiger partial charge in [0.05, 0.1) is 35.3 Å². The minimum absolute atomic E-state index is 0.122. The molecule has 3 aromatic rings. The maximum atomic E-state index is 12.6. The lowest BCUT2D eigenvalue weighted by atomic mass is 10.1. The summed E-state index contributed by atoms with van der Waals surface area (Å²) in [5.74, 6) is -0.392. The van der Waals surface area contributed by atoms with E-state index >= 15 is 0 Å². The molecule has 1 amide bonds. The highest BCUT2D eigenvalue weighted by Gasteiger charge is 2.28. The van der Waals surface area contributed by atoms with Gasteiger partial charge in [0, 0.05) is 24.7 Å². The van der Waals surface area contributed by atoms with E-state index in [9.17, 15) is 9.59 Å². The Morgan fingerprint density at radius 2 is 1.97 bits per heavy atom. The van der Waals surface area contributed by atoms with E-state index in [1.54, 1.807) is 17.2 Å². The number of pyridine rings is 1. The Labute approximate surface area is 174 Å². The number of ether oxygens (including phenoxy) is 2. The molecule has 0 saturated carbocycles. The van der Waals surface area contributed by atoms with E-state index in [1.807, 2.05) is 51.1 Å². The van der Waals surface area contributed by atoms with Gasteiger partial charge in [0.2, 0.25) is 0 Å². The number of methoxy groups -OCH3 is 1. The Hall–Kier alpha value is -3.35. The third-order valence-electron chi connectivity index (χ3n) is 5.05. The van der Waals surface area contributed by atoms with E-state index in [1.165, 1.54) is 7.11 Å². The number of aromatic nitrogens is 2. The van der Waals surface area contributed by atoms with Gasteiger partial charge in [0.1, 0.15) is 5.60 Å². The molecule has 4 rings (SSSR count). The van der Waals surface area contributed by atoms with E-state index < -0.39 is 11.6 Å². The van der Waals surface area contributed by atoms with E-state index in [0.717, 1.165) is 21.9 Å². The van der Waals surface area contributed by atoms with Crippen LogP contribution in [0.1, 0.15) is 37.2 Å².